The highest BCUT2D eigenvalue weighted by Gasteiger charge is 2.16. The zero-order valence-corrected chi connectivity index (χ0v) is 14.1. The van der Waals surface area contributed by atoms with Crippen molar-refractivity contribution in [3.63, 3.8) is 0 Å². The molecule has 1 aliphatic heterocycles. The molecular weight excluding hydrogens is 316 g/mol. The highest BCUT2D eigenvalue weighted by Crippen LogP contribution is 2.32. The molecule has 0 saturated carbocycles. The lowest BCUT2D eigenvalue weighted by Crippen LogP contribution is -2.39. The van der Waals surface area contributed by atoms with E-state index in [-0.39, 0.29) is 12.8 Å². The highest BCUT2D eigenvalue weighted by atomic mass is 16.7. The SMILES string of the molecule is CCN(Cc1ccc2c(c1)OCO2)C(=O)NCC#Cc1ccccc1. The van der Waals surface area contributed by atoms with E-state index in [9.17, 15) is 4.79 Å². The number of carbonyl (C=O) groups is 1. The van der Waals surface area contributed by atoms with Gasteiger partial charge < -0.3 is 19.7 Å². The second-order valence-electron chi connectivity index (χ2n) is 5.53. The molecule has 0 bridgehead atoms. The topological polar surface area (TPSA) is 50.8 Å². The summed E-state index contributed by atoms with van der Waals surface area (Å²) in [6, 6.07) is 15.3. The van der Waals surface area contributed by atoms with Crippen LogP contribution in [-0.2, 0) is 6.54 Å². The Balaban J connectivity index is 1.54. The fourth-order valence-electron chi connectivity index (χ4n) is 2.49. The van der Waals surface area contributed by atoms with Gasteiger partial charge in [0.2, 0.25) is 6.79 Å². The number of carbonyl (C=O) groups excluding carboxylic acids is 1. The second-order valence-corrected chi connectivity index (χ2v) is 5.53. The molecule has 0 atom stereocenters. The minimum absolute atomic E-state index is 0.137. The molecule has 5 nitrogen and oxygen atoms in total. The highest BCUT2D eigenvalue weighted by molar-refractivity contribution is 5.74. The van der Waals surface area contributed by atoms with Gasteiger partial charge in [-0.2, -0.15) is 0 Å². The average molecular weight is 336 g/mol. The minimum atomic E-state index is -0.137. The van der Waals surface area contributed by atoms with Crippen molar-refractivity contribution in [2.45, 2.75) is 13.5 Å². The summed E-state index contributed by atoms with van der Waals surface area (Å²) in [7, 11) is 0. The van der Waals surface area contributed by atoms with Crippen LogP contribution in [0.25, 0.3) is 0 Å². The first-order valence-corrected chi connectivity index (χ1v) is 8.21. The molecule has 2 aromatic carbocycles. The zero-order valence-electron chi connectivity index (χ0n) is 14.1. The number of fused-ring (bicyclic) bond motifs is 1. The van der Waals surface area contributed by atoms with Crippen molar-refractivity contribution < 1.29 is 14.3 Å². The van der Waals surface area contributed by atoms with Crippen molar-refractivity contribution in [3.05, 3.63) is 59.7 Å². The molecule has 2 aromatic rings. The van der Waals surface area contributed by atoms with E-state index >= 15 is 0 Å². The molecule has 3 rings (SSSR count). The van der Waals surface area contributed by atoms with Crippen LogP contribution in [0.3, 0.4) is 0 Å². The average Bonchev–Trinajstić information content (AvgIpc) is 3.11. The fraction of sp³-hybridized carbons (Fsp3) is 0.250. The Kier molecular flexibility index (Phi) is 5.43. The van der Waals surface area contributed by atoms with Gasteiger partial charge in [0.1, 0.15) is 0 Å². The summed E-state index contributed by atoms with van der Waals surface area (Å²) >= 11 is 0. The molecule has 1 heterocycles. The Morgan fingerprint density at radius 2 is 1.96 bits per heavy atom. The number of nitrogens with one attached hydrogen (secondary N) is 1. The van der Waals surface area contributed by atoms with Gasteiger partial charge in [0, 0.05) is 18.7 Å². The molecule has 2 amide bonds. The van der Waals surface area contributed by atoms with Crippen LogP contribution in [0.1, 0.15) is 18.1 Å². The molecular formula is C20H20N2O3. The van der Waals surface area contributed by atoms with Crippen LogP contribution < -0.4 is 14.8 Å². The van der Waals surface area contributed by atoms with E-state index in [0.29, 0.717) is 19.6 Å². The summed E-state index contributed by atoms with van der Waals surface area (Å²) in [5, 5.41) is 2.83. The van der Waals surface area contributed by atoms with Crippen molar-refractivity contribution in [2.24, 2.45) is 0 Å². The number of amides is 2. The smallest absolute Gasteiger partial charge is 0.318 e. The van der Waals surface area contributed by atoms with E-state index in [2.05, 4.69) is 17.2 Å². The van der Waals surface area contributed by atoms with Crippen molar-refractivity contribution in [3.8, 4) is 23.3 Å². The van der Waals surface area contributed by atoms with E-state index in [1.54, 1.807) is 4.90 Å². The Bertz CT molecular complexity index is 794. The molecule has 0 unspecified atom stereocenters. The van der Waals surface area contributed by atoms with Gasteiger partial charge in [-0.15, -0.1) is 0 Å². The number of ether oxygens (including phenoxy) is 2. The van der Waals surface area contributed by atoms with Crippen molar-refractivity contribution in [2.75, 3.05) is 19.9 Å². The van der Waals surface area contributed by atoms with Crippen LogP contribution in [0.5, 0.6) is 11.5 Å². The number of hydrogen-bond donors (Lipinski definition) is 1. The Labute approximate surface area is 147 Å². The Hall–Kier alpha value is -3.13. The molecule has 1 aliphatic rings. The Morgan fingerprint density at radius 3 is 2.76 bits per heavy atom. The first kappa shape index (κ1) is 16.7. The standard InChI is InChI=1S/C20H20N2O3/c1-2-22(14-17-10-11-18-19(13-17)25-15-24-18)20(23)21-12-6-9-16-7-4-3-5-8-16/h3-5,7-8,10-11,13H,2,12,14-15H2,1H3,(H,21,23). The summed E-state index contributed by atoms with van der Waals surface area (Å²) < 4.78 is 10.7. The number of nitrogens with zero attached hydrogens (tertiary/aromatic N) is 1. The van der Waals surface area contributed by atoms with Crippen molar-refractivity contribution in [1.82, 2.24) is 10.2 Å². The van der Waals surface area contributed by atoms with Gasteiger partial charge in [-0.1, -0.05) is 36.1 Å². The number of benzene rings is 2. The number of rotatable bonds is 4. The quantitative estimate of drug-likeness (QED) is 0.873. The first-order valence-electron chi connectivity index (χ1n) is 8.21. The van der Waals surface area contributed by atoms with Gasteiger partial charge >= 0.3 is 6.03 Å². The lowest BCUT2D eigenvalue weighted by molar-refractivity contribution is 0.174. The fourth-order valence-corrected chi connectivity index (χ4v) is 2.49. The van der Waals surface area contributed by atoms with Crippen LogP contribution in [0.15, 0.2) is 48.5 Å². The largest absolute Gasteiger partial charge is 0.454 e. The molecule has 128 valence electrons. The van der Waals surface area contributed by atoms with Gasteiger partial charge in [0.05, 0.1) is 6.54 Å². The van der Waals surface area contributed by atoms with E-state index in [0.717, 1.165) is 22.6 Å². The zero-order chi connectivity index (χ0) is 17.5. The Morgan fingerprint density at radius 1 is 1.16 bits per heavy atom. The summed E-state index contributed by atoms with van der Waals surface area (Å²) in [6.45, 7) is 3.61. The van der Waals surface area contributed by atoms with Crippen molar-refractivity contribution >= 4 is 6.03 Å². The molecule has 0 radical (unpaired) electrons. The molecule has 0 spiro atoms. The minimum Gasteiger partial charge on any atom is -0.454 e. The lowest BCUT2D eigenvalue weighted by Gasteiger charge is -2.21. The molecule has 0 fully saturated rings. The van der Waals surface area contributed by atoms with Crippen LogP contribution in [-0.4, -0.2) is 30.8 Å². The monoisotopic (exact) mass is 336 g/mol. The van der Waals surface area contributed by atoms with Gasteiger partial charge in [-0.3, -0.25) is 0 Å². The van der Waals surface area contributed by atoms with Crippen LogP contribution >= 0.6 is 0 Å². The maximum Gasteiger partial charge on any atom is 0.318 e. The summed E-state index contributed by atoms with van der Waals surface area (Å²) in [4.78, 5) is 14.0. The van der Waals surface area contributed by atoms with Crippen molar-refractivity contribution in [1.29, 1.82) is 0 Å². The third-order valence-electron chi connectivity index (χ3n) is 3.81. The number of hydrogen-bond acceptors (Lipinski definition) is 3. The van der Waals surface area contributed by atoms with E-state index in [1.165, 1.54) is 0 Å². The summed E-state index contributed by atoms with van der Waals surface area (Å²) in [6.07, 6.45) is 0. The first-order chi connectivity index (χ1) is 12.3. The normalized spacial score (nSPS) is 11.4. The predicted molar refractivity (Wildman–Crippen MR) is 95.4 cm³/mol. The molecule has 0 saturated heterocycles. The van der Waals surface area contributed by atoms with Crippen LogP contribution in [0, 0.1) is 11.8 Å². The summed E-state index contributed by atoms with van der Waals surface area (Å²) in [5.41, 5.74) is 1.93. The molecule has 1 N–H and O–H groups in total. The third kappa shape index (κ3) is 4.45. The van der Waals surface area contributed by atoms with Crippen LogP contribution in [0.4, 0.5) is 4.79 Å². The third-order valence-corrected chi connectivity index (χ3v) is 3.81. The predicted octanol–water partition coefficient (Wildman–Crippen LogP) is 3.00. The van der Waals surface area contributed by atoms with Gasteiger partial charge in [0.25, 0.3) is 0 Å². The van der Waals surface area contributed by atoms with E-state index in [4.69, 9.17) is 9.47 Å². The van der Waals surface area contributed by atoms with Gasteiger partial charge in [-0.25, -0.2) is 4.79 Å². The van der Waals surface area contributed by atoms with E-state index in [1.807, 2.05) is 55.5 Å². The summed E-state index contributed by atoms with van der Waals surface area (Å²) in [5.74, 6) is 7.45. The molecule has 25 heavy (non-hydrogen) atoms. The maximum absolute atomic E-state index is 12.3. The molecule has 5 heteroatoms. The maximum atomic E-state index is 12.3. The van der Waals surface area contributed by atoms with Crippen LogP contribution in [0.2, 0.25) is 0 Å². The lowest BCUT2D eigenvalue weighted by atomic mass is 10.2. The molecule has 0 aromatic heterocycles. The number of urea groups is 1. The molecule has 0 aliphatic carbocycles. The van der Waals surface area contributed by atoms with Gasteiger partial charge in [0.15, 0.2) is 11.5 Å². The van der Waals surface area contributed by atoms with Gasteiger partial charge in [-0.05, 0) is 36.8 Å². The van der Waals surface area contributed by atoms with E-state index < -0.39 is 0 Å². The second kappa shape index (κ2) is 8.11.